The number of nitrogens with zero attached hydrogens (tertiary/aromatic N) is 2. The van der Waals surface area contributed by atoms with Gasteiger partial charge in [-0.1, -0.05) is 6.07 Å². The van der Waals surface area contributed by atoms with E-state index in [-0.39, 0.29) is 5.82 Å². The van der Waals surface area contributed by atoms with Crippen molar-refractivity contribution in [1.29, 1.82) is 5.26 Å². The number of benzene rings is 1. The minimum absolute atomic E-state index is 0.268. The summed E-state index contributed by atoms with van der Waals surface area (Å²) in [7, 11) is 0. The van der Waals surface area contributed by atoms with Gasteiger partial charge in [0.15, 0.2) is 0 Å². The normalized spacial score (nSPS) is 9.83. The summed E-state index contributed by atoms with van der Waals surface area (Å²) in [5.41, 5.74) is 3.05. The van der Waals surface area contributed by atoms with Gasteiger partial charge >= 0.3 is 0 Å². The van der Waals surface area contributed by atoms with Crippen LogP contribution in [0.15, 0.2) is 36.5 Å². The van der Waals surface area contributed by atoms with Crippen molar-refractivity contribution in [3.63, 3.8) is 0 Å². The van der Waals surface area contributed by atoms with Gasteiger partial charge in [0.1, 0.15) is 17.6 Å². The fourth-order valence-corrected chi connectivity index (χ4v) is 1.63. The highest BCUT2D eigenvalue weighted by atomic mass is 19.1. The Morgan fingerprint density at radius 2 is 2.17 bits per heavy atom. The fourth-order valence-electron chi connectivity index (χ4n) is 1.63. The molecule has 0 amide bonds. The Balaban J connectivity index is 2.11. The Hall–Kier alpha value is -2.41. The largest absolute Gasteiger partial charge is 0.381 e. The first-order valence-electron chi connectivity index (χ1n) is 5.54. The smallest absolute Gasteiger partial charge is 0.140 e. The topological polar surface area (TPSA) is 48.7 Å². The van der Waals surface area contributed by atoms with Gasteiger partial charge in [-0.05, 0) is 42.3 Å². The minimum atomic E-state index is -0.268. The zero-order chi connectivity index (χ0) is 13.0. The quantitative estimate of drug-likeness (QED) is 0.898. The molecule has 0 fully saturated rings. The van der Waals surface area contributed by atoms with Crippen LogP contribution in [0.1, 0.15) is 16.8 Å². The SMILES string of the molecule is Cc1ccc(F)cc1NCc1ccnc(C#N)c1. The molecule has 1 heterocycles. The molecule has 0 aliphatic carbocycles. The van der Waals surface area contributed by atoms with Crippen LogP contribution in [0.5, 0.6) is 0 Å². The molecule has 0 spiro atoms. The van der Waals surface area contributed by atoms with Gasteiger partial charge in [0.2, 0.25) is 0 Å². The van der Waals surface area contributed by atoms with E-state index in [4.69, 9.17) is 5.26 Å². The highest BCUT2D eigenvalue weighted by Crippen LogP contribution is 2.17. The van der Waals surface area contributed by atoms with E-state index in [1.807, 2.05) is 19.1 Å². The summed E-state index contributed by atoms with van der Waals surface area (Å²) in [4.78, 5) is 3.90. The number of halogens is 1. The molecule has 3 nitrogen and oxygen atoms in total. The number of aryl methyl sites for hydroxylation is 1. The highest BCUT2D eigenvalue weighted by Gasteiger charge is 2.01. The third-order valence-electron chi connectivity index (χ3n) is 2.62. The number of aromatic nitrogens is 1. The van der Waals surface area contributed by atoms with Gasteiger partial charge in [0, 0.05) is 18.4 Å². The average molecular weight is 241 g/mol. The van der Waals surface area contributed by atoms with Gasteiger partial charge < -0.3 is 5.32 Å². The summed E-state index contributed by atoms with van der Waals surface area (Å²) in [6.45, 7) is 2.44. The number of rotatable bonds is 3. The summed E-state index contributed by atoms with van der Waals surface area (Å²) in [6.07, 6.45) is 1.59. The summed E-state index contributed by atoms with van der Waals surface area (Å²) >= 11 is 0. The molecular formula is C14H12FN3. The van der Waals surface area contributed by atoms with Crippen LogP contribution in [0.2, 0.25) is 0 Å². The van der Waals surface area contributed by atoms with Crippen LogP contribution in [0.3, 0.4) is 0 Å². The first-order valence-corrected chi connectivity index (χ1v) is 5.54. The van der Waals surface area contributed by atoms with E-state index in [1.54, 1.807) is 18.3 Å². The first kappa shape index (κ1) is 12.1. The standard InChI is InChI=1S/C14H12FN3/c1-10-2-3-12(15)7-14(10)18-9-11-4-5-17-13(6-11)8-16/h2-7,18H,9H2,1H3. The second-order valence-corrected chi connectivity index (χ2v) is 3.97. The van der Waals surface area contributed by atoms with Crippen molar-refractivity contribution in [3.05, 3.63) is 59.2 Å². The summed E-state index contributed by atoms with van der Waals surface area (Å²) in [5.74, 6) is -0.268. The van der Waals surface area contributed by atoms with E-state index in [1.165, 1.54) is 12.1 Å². The summed E-state index contributed by atoms with van der Waals surface area (Å²) in [5, 5.41) is 11.9. The van der Waals surface area contributed by atoms with Crippen LogP contribution >= 0.6 is 0 Å². The first-order chi connectivity index (χ1) is 8.69. The molecule has 18 heavy (non-hydrogen) atoms. The molecule has 1 N–H and O–H groups in total. The Labute approximate surface area is 105 Å². The van der Waals surface area contributed by atoms with Crippen LogP contribution in [0.4, 0.5) is 10.1 Å². The van der Waals surface area contributed by atoms with Crippen LogP contribution in [0.25, 0.3) is 0 Å². The average Bonchev–Trinajstić information content (AvgIpc) is 2.40. The second-order valence-electron chi connectivity index (χ2n) is 3.97. The molecule has 90 valence electrons. The maximum atomic E-state index is 13.1. The van der Waals surface area contributed by atoms with E-state index in [0.717, 1.165) is 16.8 Å². The third-order valence-corrected chi connectivity index (χ3v) is 2.62. The maximum absolute atomic E-state index is 13.1. The van der Waals surface area contributed by atoms with Crippen molar-refractivity contribution in [2.75, 3.05) is 5.32 Å². The van der Waals surface area contributed by atoms with Crippen LogP contribution in [-0.4, -0.2) is 4.98 Å². The highest BCUT2D eigenvalue weighted by molar-refractivity contribution is 5.51. The molecular weight excluding hydrogens is 229 g/mol. The lowest BCUT2D eigenvalue weighted by Gasteiger charge is -2.09. The van der Waals surface area contributed by atoms with Gasteiger partial charge in [0.25, 0.3) is 0 Å². The van der Waals surface area contributed by atoms with E-state index in [2.05, 4.69) is 10.3 Å². The van der Waals surface area contributed by atoms with Gasteiger partial charge in [-0.2, -0.15) is 5.26 Å². The van der Waals surface area contributed by atoms with Crippen LogP contribution in [-0.2, 0) is 6.54 Å². The van der Waals surface area contributed by atoms with E-state index in [9.17, 15) is 4.39 Å². The summed E-state index contributed by atoms with van der Waals surface area (Å²) < 4.78 is 13.1. The molecule has 0 aliphatic rings. The molecule has 1 aromatic carbocycles. The van der Waals surface area contributed by atoms with Crippen molar-refractivity contribution in [2.45, 2.75) is 13.5 Å². The van der Waals surface area contributed by atoms with Gasteiger partial charge in [-0.3, -0.25) is 0 Å². The van der Waals surface area contributed by atoms with Gasteiger partial charge in [0.05, 0.1) is 0 Å². The second kappa shape index (κ2) is 5.28. The Morgan fingerprint density at radius 3 is 2.94 bits per heavy atom. The molecule has 0 saturated carbocycles. The van der Waals surface area contributed by atoms with Crippen LogP contribution in [0, 0.1) is 24.1 Å². The Kier molecular flexibility index (Phi) is 3.54. The summed E-state index contributed by atoms with van der Waals surface area (Å²) in [6, 6.07) is 10.1. The Bertz CT molecular complexity index is 602. The molecule has 0 saturated heterocycles. The van der Waals surface area contributed by atoms with Crippen LogP contribution < -0.4 is 5.32 Å². The van der Waals surface area contributed by atoms with E-state index in [0.29, 0.717) is 12.2 Å². The lowest BCUT2D eigenvalue weighted by Crippen LogP contribution is -2.02. The predicted octanol–water partition coefficient (Wildman–Crippen LogP) is 3.01. The lowest BCUT2D eigenvalue weighted by molar-refractivity contribution is 0.628. The van der Waals surface area contributed by atoms with Crippen molar-refractivity contribution in [2.24, 2.45) is 0 Å². The zero-order valence-corrected chi connectivity index (χ0v) is 9.94. The number of anilines is 1. The zero-order valence-electron chi connectivity index (χ0n) is 9.94. The van der Waals surface area contributed by atoms with Crippen molar-refractivity contribution in [1.82, 2.24) is 4.98 Å². The number of nitrogens with one attached hydrogen (secondary N) is 1. The molecule has 0 radical (unpaired) electrons. The van der Waals surface area contributed by atoms with Gasteiger partial charge in [-0.15, -0.1) is 0 Å². The van der Waals surface area contributed by atoms with Gasteiger partial charge in [-0.25, -0.2) is 9.37 Å². The minimum Gasteiger partial charge on any atom is -0.381 e. The predicted molar refractivity (Wildman–Crippen MR) is 67.4 cm³/mol. The molecule has 4 heteroatoms. The number of hydrogen-bond acceptors (Lipinski definition) is 3. The maximum Gasteiger partial charge on any atom is 0.140 e. The molecule has 0 atom stereocenters. The lowest BCUT2D eigenvalue weighted by atomic mass is 10.2. The van der Waals surface area contributed by atoms with Crippen molar-refractivity contribution >= 4 is 5.69 Å². The molecule has 2 aromatic rings. The van der Waals surface area contributed by atoms with E-state index >= 15 is 0 Å². The monoisotopic (exact) mass is 241 g/mol. The number of nitriles is 1. The number of pyridine rings is 1. The Morgan fingerprint density at radius 1 is 1.33 bits per heavy atom. The third kappa shape index (κ3) is 2.83. The molecule has 0 bridgehead atoms. The molecule has 0 unspecified atom stereocenters. The molecule has 0 aliphatic heterocycles. The number of hydrogen-bond donors (Lipinski definition) is 1. The fraction of sp³-hybridized carbons (Fsp3) is 0.143. The van der Waals surface area contributed by atoms with Crippen molar-refractivity contribution < 1.29 is 4.39 Å². The molecule has 2 rings (SSSR count). The van der Waals surface area contributed by atoms with E-state index < -0.39 is 0 Å². The van der Waals surface area contributed by atoms with Crippen molar-refractivity contribution in [3.8, 4) is 6.07 Å². The molecule has 1 aromatic heterocycles.